The number of carbonyl (C=O) groups is 3. The van der Waals surface area contributed by atoms with Crippen LogP contribution in [-0.2, 0) is 24.1 Å². The molecule has 0 heterocycles. The highest BCUT2D eigenvalue weighted by Gasteiger charge is 2.62. The maximum atomic E-state index is 12.8. The van der Waals surface area contributed by atoms with Crippen LogP contribution in [-0.4, -0.2) is 59.1 Å². The van der Waals surface area contributed by atoms with E-state index in [0.29, 0.717) is 61.4 Å². The van der Waals surface area contributed by atoms with E-state index in [2.05, 4.69) is 30.7 Å². The van der Waals surface area contributed by atoms with Crippen molar-refractivity contribution < 1.29 is 34.3 Å². The van der Waals surface area contributed by atoms with Crippen molar-refractivity contribution in [3.8, 4) is 0 Å². The number of oxime groups is 2. The Kier molecular flexibility index (Phi) is 9.87. The number of carbonyl (C=O) groups excluding carboxylic acids is 1. The smallest absolute Gasteiger partial charge is 0.328 e. The second-order valence-electron chi connectivity index (χ2n) is 11.2. The Morgan fingerprint density at radius 1 is 1.05 bits per heavy atom. The Balaban J connectivity index is 0.000000436. The van der Waals surface area contributed by atoms with Crippen LogP contribution in [0.15, 0.2) is 35.1 Å². The first-order chi connectivity index (χ1) is 18.1. The average molecular weight is 532 g/mol. The molecule has 0 amide bonds. The van der Waals surface area contributed by atoms with E-state index in [0.717, 1.165) is 57.1 Å². The number of Topliss-reactive ketones (excluding diaryl/α,β-unsaturated/α-hetero) is 1. The van der Waals surface area contributed by atoms with Crippen LogP contribution >= 0.6 is 0 Å². The standard InChI is InChI=1S/C24H37N3O3.C4H4O4/c1-4-12-29-27-20-15-16-14-17(26-30-13-11-25)7-9-23(16,2)19-8-10-24(3)18(22(19)20)5-6-21(24)28;5-3(6)1-2-4(7)8/h4,16,18-19,22H,1,5-15,25H2,2-3H3;1-2H,(H,5,6)(H,7,8)/b26-17-,27-20+;2-1+/t16?,18-,19-,22-,23-,24-;/m0./s1. The zero-order valence-electron chi connectivity index (χ0n) is 22.4. The quantitative estimate of drug-likeness (QED) is 0.184. The minimum atomic E-state index is -1.26. The predicted molar refractivity (Wildman–Crippen MR) is 143 cm³/mol. The van der Waals surface area contributed by atoms with E-state index in [4.69, 9.17) is 25.6 Å². The van der Waals surface area contributed by atoms with Crippen LogP contribution in [0.2, 0.25) is 0 Å². The zero-order valence-corrected chi connectivity index (χ0v) is 22.4. The summed E-state index contributed by atoms with van der Waals surface area (Å²) in [5, 5.41) is 24.6. The fraction of sp³-hybridized carbons (Fsp3) is 0.679. The molecule has 4 saturated carbocycles. The van der Waals surface area contributed by atoms with Gasteiger partial charge in [-0.3, -0.25) is 4.79 Å². The fourth-order valence-corrected chi connectivity index (χ4v) is 7.22. The van der Waals surface area contributed by atoms with E-state index in [9.17, 15) is 14.4 Å². The summed E-state index contributed by atoms with van der Waals surface area (Å²) in [5.41, 5.74) is 7.91. The highest BCUT2D eigenvalue weighted by molar-refractivity contribution is 5.94. The summed E-state index contributed by atoms with van der Waals surface area (Å²) in [6.45, 7) is 9.80. The molecule has 4 fully saturated rings. The molecule has 0 aromatic carbocycles. The van der Waals surface area contributed by atoms with Gasteiger partial charge in [-0.05, 0) is 68.1 Å². The van der Waals surface area contributed by atoms with Crippen molar-refractivity contribution >= 4 is 29.1 Å². The van der Waals surface area contributed by atoms with Gasteiger partial charge in [-0.25, -0.2) is 9.59 Å². The predicted octanol–water partition coefficient (Wildman–Crippen LogP) is 3.81. The molecular formula is C28H41N3O7. The summed E-state index contributed by atoms with van der Waals surface area (Å²) >= 11 is 0. The van der Waals surface area contributed by atoms with Crippen LogP contribution in [0.1, 0.15) is 65.2 Å². The lowest BCUT2D eigenvalue weighted by Gasteiger charge is -2.59. The Bertz CT molecular complexity index is 990. The van der Waals surface area contributed by atoms with Gasteiger partial charge in [0, 0.05) is 36.5 Å². The maximum Gasteiger partial charge on any atom is 0.328 e. The van der Waals surface area contributed by atoms with Gasteiger partial charge in [0.05, 0.1) is 11.4 Å². The number of nitrogens with two attached hydrogens (primary N) is 1. The van der Waals surface area contributed by atoms with Gasteiger partial charge in [0.25, 0.3) is 0 Å². The summed E-state index contributed by atoms with van der Waals surface area (Å²) in [6, 6.07) is 0. The zero-order chi connectivity index (χ0) is 27.9. The Morgan fingerprint density at radius 3 is 2.39 bits per heavy atom. The van der Waals surface area contributed by atoms with Gasteiger partial charge in [0.15, 0.2) is 0 Å². The maximum absolute atomic E-state index is 12.8. The molecule has 4 rings (SSSR count). The normalized spacial score (nSPS) is 36.0. The van der Waals surface area contributed by atoms with Gasteiger partial charge in [0.2, 0.25) is 0 Å². The van der Waals surface area contributed by atoms with E-state index < -0.39 is 11.9 Å². The minimum absolute atomic E-state index is 0.180. The summed E-state index contributed by atoms with van der Waals surface area (Å²) < 4.78 is 0. The minimum Gasteiger partial charge on any atom is -0.478 e. The lowest BCUT2D eigenvalue weighted by molar-refractivity contribution is -0.134. The number of hydrogen-bond acceptors (Lipinski definition) is 8. The molecule has 0 radical (unpaired) electrons. The number of hydrogen-bond donors (Lipinski definition) is 3. The van der Waals surface area contributed by atoms with Crippen LogP contribution in [0.5, 0.6) is 0 Å². The summed E-state index contributed by atoms with van der Waals surface area (Å²) in [4.78, 5) is 42.9. The lowest BCUT2D eigenvalue weighted by atomic mass is 9.45. The van der Waals surface area contributed by atoms with E-state index >= 15 is 0 Å². The lowest BCUT2D eigenvalue weighted by Crippen LogP contribution is -2.57. The molecule has 4 aliphatic carbocycles. The van der Waals surface area contributed by atoms with Crippen molar-refractivity contribution in [2.45, 2.75) is 65.2 Å². The van der Waals surface area contributed by atoms with Crippen molar-refractivity contribution in [1.82, 2.24) is 0 Å². The molecule has 0 aliphatic heterocycles. The van der Waals surface area contributed by atoms with Crippen LogP contribution in [0.25, 0.3) is 0 Å². The monoisotopic (exact) mass is 531 g/mol. The van der Waals surface area contributed by atoms with Gasteiger partial charge in [-0.1, -0.05) is 36.8 Å². The molecule has 0 spiro atoms. The number of rotatable bonds is 8. The molecule has 38 heavy (non-hydrogen) atoms. The van der Waals surface area contributed by atoms with Crippen molar-refractivity contribution in [2.24, 2.45) is 50.5 Å². The molecule has 0 aromatic heterocycles. The third-order valence-electron chi connectivity index (χ3n) is 9.18. The molecule has 0 saturated heterocycles. The SMILES string of the molecule is C=CCO/N=C1\CC2C/C(=N\OCCN)CC[C@]2(C)[C@H]2CC[C@]3(C)C(=O)CC[C@H]3[C@H]12.O=C(O)/C=C/C(=O)O. The van der Waals surface area contributed by atoms with Gasteiger partial charge < -0.3 is 25.6 Å². The fourth-order valence-electron chi connectivity index (χ4n) is 7.22. The molecule has 4 aliphatic rings. The van der Waals surface area contributed by atoms with E-state index in [1.807, 2.05) is 0 Å². The molecule has 0 aromatic rings. The van der Waals surface area contributed by atoms with Crippen molar-refractivity contribution in [1.29, 1.82) is 0 Å². The van der Waals surface area contributed by atoms with Gasteiger partial charge in [0.1, 0.15) is 19.0 Å². The second kappa shape index (κ2) is 12.7. The molecule has 6 atom stereocenters. The van der Waals surface area contributed by atoms with Gasteiger partial charge >= 0.3 is 11.9 Å². The number of carboxylic acids is 2. The van der Waals surface area contributed by atoms with Crippen LogP contribution in [0, 0.1) is 34.5 Å². The molecular weight excluding hydrogens is 490 g/mol. The third kappa shape index (κ3) is 6.34. The molecule has 1 unspecified atom stereocenters. The second-order valence-corrected chi connectivity index (χ2v) is 11.2. The average Bonchev–Trinajstić information content (AvgIpc) is 3.18. The van der Waals surface area contributed by atoms with Gasteiger partial charge in [-0.15, -0.1) is 0 Å². The highest BCUT2D eigenvalue weighted by Crippen LogP contribution is 2.64. The Hall–Kier alpha value is -3.01. The number of carboxylic acid groups (broad SMARTS) is 2. The first kappa shape index (κ1) is 29.5. The van der Waals surface area contributed by atoms with E-state index in [1.54, 1.807) is 6.08 Å². The Morgan fingerprint density at radius 2 is 1.76 bits per heavy atom. The Labute approximate surface area is 224 Å². The number of fused-ring (bicyclic) bond motifs is 5. The highest BCUT2D eigenvalue weighted by atomic mass is 16.6. The van der Waals surface area contributed by atoms with Crippen molar-refractivity contribution in [3.05, 3.63) is 24.8 Å². The summed E-state index contributed by atoms with van der Waals surface area (Å²) in [6.07, 6.45) is 10.7. The van der Waals surface area contributed by atoms with Crippen LogP contribution in [0.4, 0.5) is 0 Å². The molecule has 4 N–H and O–H groups in total. The van der Waals surface area contributed by atoms with Gasteiger partial charge in [-0.2, -0.15) is 0 Å². The molecule has 0 bridgehead atoms. The van der Waals surface area contributed by atoms with Crippen LogP contribution < -0.4 is 5.73 Å². The number of ketones is 1. The largest absolute Gasteiger partial charge is 0.478 e. The van der Waals surface area contributed by atoms with Crippen molar-refractivity contribution in [3.63, 3.8) is 0 Å². The molecule has 210 valence electrons. The number of aliphatic carboxylic acids is 2. The first-order valence-electron chi connectivity index (χ1n) is 13.4. The number of nitrogens with zero attached hydrogens (tertiary/aromatic N) is 2. The topological polar surface area (TPSA) is 161 Å². The summed E-state index contributed by atoms with van der Waals surface area (Å²) in [7, 11) is 0. The van der Waals surface area contributed by atoms with E-state index in [-0.39, 0.29) is 10.8 Å². The molecule has 10 heteroatoms. The van der Waals surface area contributed by atoms with Crippen molar-refractivity contribution in [2.75, 3.05) is 19.8 Å². The summed E-state index contributed by atoms with van der Waals surface area (Å²) in [5.74, 6) is -0.263. The first-order valence-corrected chi connectivity index (χ1v) is 13.4. The van der Waals surface area contributed by atoms with Crippen LogP contribution in [0.3, 0.4) is 0 Å². The third-order valence-corrected chi connectivity index (χ3v) is 9.18. The molecule has 10 nitrogen and oxygen atoms in total. The van der Waals surface area contributed by atoms with E-state index in [1.165, 1.54) is 5.71 Å².